The van der Waals surface area contributed by atoms with E-state index in [0.717, 1.165) is 16.0 Å². The zero-order valence-corrected chi connectivity index (χ0v) is 17.0. The van der Waals surface area contributed by atoms with Crippen molar-refractivity contribution >= 4 is 11.8 Å². The van der Waals surface area contributed by atoms with Crippen molar-refractivity contribution in [2.24, 2.45) is 0 Å². The highest BCUT2D eigenvalue weighted by Gasteiger charge is 2.34. The van der Waals surface area contributed by atoms with Crippen LogP contribution in [0.25, 0.3) is 0 Å². The van der Waals surface area contributed by atoms with E-state index in [1.807, 2.05) is 30.3 Å². The van der Waals surface area contributed by atoms with Crippen molar-refractivity contribution in [3.05, 3.63) is 93.5 Å². The molecule has 8 nitrogen and oxygen atoms in total. The fraction of sp³-hybridized carbons (Fsp3) is 0.217. The van der Waals surface area contributed by atoms with Crippen molar-refractivity contribution in [2.75, 3.05) is 20.3 Å². The second kappa shape index (κ2) is 8.93. The van der Waals surface area contributed by atoms with E-state index < -0.39 is 5.69 Å². The normalized spacial score (nSPS) is 12.9. The molecule has 0 atom stereocenters. The molecule has 1 aliphatic heterocycles. The number of hydrogen-bond donors (Lipinski definition) is 0. The predicted octanol–water partition coefficient (Wildman–Crippen LogP) is 2.11. The Balaban J connectivity index is 1.40. The van der Waals surface area contributed by atoms with Gasteiger partial charge < -0.3 is 9.47 Å². The molecular weight excluding hydrogens is 398 g/mol. The van der Waals surface area contributed by atoms with Gasteiger partial charge in [0.05, 0.1) is 31.4 Å². The van der Waals surface area contributed by atoms with Gasteiger partial charge in [-0.05, 0) is 17.7 Å². The molecule has 0 N–H and O–H groups in total. The fourth-order valence-corrected chi connectivity index (χ4v) is 3.49. The summed E-state index contributed by atoms with van der Waals surface area (Å²) in [5, 5.41) is 0. The van der Waals surface area contributed by atoms with Gasteiger partial charge in [0.2, 0.25) is 5.88 Å². The standard InChI is InChI=1S/C23H21N3O5/c1-30-20-17(13-16-7-3-2-4-8-16)14-25(23(29)24-20)15-31-12-11-26-21(27)18-9-5-6-10-19(18)22(26)28/h2-10,14H,11-13,15H2,1H3. The monoisotopic (exact) mass is 419 g/mol. The number of hydrogen-bond acceptors (Lipinski definition) is 6. The van der Waals surface area contributed by atoms with Crippen molar-refractivity contribution in [2.45, 2.75) is 13.2 Å². The summed E-state index contributed by atoms with van der Waals surface area (Å²) in [4.78, 5) is 42.2. The fourth-order valence-electron chi connectivity index (χ4n) is 3.49. The largest absolute Gasteiger partial charge is 0.481 e. The highest BCUT2D eigenvalue weighted by Crippen LogP contribution is 2.22. The lowest BCUT2D eigenvalue weighted by molar-refractivity contribution is 0.0431. The average Bonchev–Trinajstić information content (AvgIpc) is 3.04. The number of ether oxygens (including phenoxy) is 2. The van der Waals surface area contributed by atoms with Crippen molar-refractivity contribution in [3.8, 4) is 5.88 Å². The van der Waals surface area contributed by atoms with Gasteiger partial charge in [-0.25, -0.2) is 4.79 Å². The summed E-state index contributed by atoms with van der Waals surface area (Å²) in [5.74, 6) is -0.397. The molecule has 31 heavy (non-hydrogen) atoms. The Hall–Kier alpha value is -3.78. The van der Waals surface area contributed by atoms with Crippen LogP contribution in [0.4, 0.5) is 0 Å². The highest BCUT2D eigenvalue weighted by molar-refractivity contribution is 6.21. The van der Waals surface area contributed by atoms with Gasteiger partial charge in [-0.3, -0.25) is 19.1 Å². The molecule has 1 aliphatic rings. The maximum Gasteiger partial charge on any atom is 0.352 e. The van der Waals surface area contributed by atoms with E-state index in [9.17, 15) is 14.4 Å². The Morgan fingerprint density at radius 1 is 0.903 bits per heavy atom. The lowest BCUT2D eigenvalue weighted by Gasteiger charge is -2.15. The molecule has 1 aromatic heterocycles. The van der Waals surface area contributed by atoms with E-state index >= 15 is 0 Å². The van der Waals surface area contributed by atoms with Gasteiger partial charge >= 0.3 is 5.69 Å². The van der Waals surface area contributed by atoms with Crippen LogP contribution in [-0.2, 0) is 17.9 Å². The molecule has 2 amide bonds. The minimum absolute atomic E-state index is 0.0548. The van der Waals surface area contributed by atoms with E-state index in [0.29, 0.717) is 17.5 Å². The second-order valence-corrected chi connectivity index (χ2v) is 7.04. The zero-order chi connectivity index (χ0) is 21.8. The number of aromatic nitrogens is 2. The number of methoxy groups -OCH3 is 1. The van der Waals surface area contributed by atoms with Crippen LogP contribution in [0.15, 0.2) is 65.6 Å². The van der Waals surface area contributed by atoms with E-state index in [-0.39, 0.29) is 37.6 Å². The number of nitrogens with zero attached hydrogens (tertiary/aromatic N) is 3. The number of fused-ring (bicyclic) bond motifs is 1. The first-order valence-corrected chi connectivity index (χ1v) is 9.79. The molecule has 158 valence electrons. The number of carbonyl (C=O) groups excluding carboxylic acids is 2. The highest BCUT2D eigenvalue weighted by atomic mass is 16.5. The van der Waals surface area contributed by atoms with Crippen LogP contribution >= 0.6 is 0 Å². The second-order valence-electron chi connectivity index (χ2n) is 7.04. The molecule has 2 aromatic carbocycles. The first-order chi connectivity index (χ1) is 15.1. The minimum Gasteiger partial charge on any atom is -0.481 e. The van der Waals surface area contributed by atoms with Crippen molar-refractivity contribution in [1.82, 2.24) is 14.5 Å². The third-order valence-electron chi connectivity index (χ3n) is 5.03. The molecule has 0 saturated heterocycles. The summed E-state index contributed by atoms with van der Waals surface area (Å²) in [6.07, 6.45) is 2.20. The summed E-state index contributed by atoms with van der Waals surface area (Å²) >= 11 is 0. The summed E-state index contributed by atoms with van der Waals surface area (Å²) in [6.45, 7) is 0.139. The van der Waals surface area contributed by atoms with Crippen LogP contribution in [0.1, 0.15) is 31.8 Å². The van der Waals surface area contributed by atoms with Crippen molar-refractivity contribution in [3.63, 3.8) is 0 Å². The molecule has 0 aliphatic carbocycles. The summed E-state index contributed by atoms with van der Waals surface area (Å²) in [5.41, 5.74) is 2.09. The average molecular weight is 419 g/mol. The van der Waals surface area contributed by atoms with Crippen LogP contribution < -0.4 is 10.4 Å². The van der Waals surface area contributed by atoms with E-state index in [2.05, 4.69) is 4.98 Å². The Morgan fingerprint density at radius 2 is 1.55 bits per heavy atom. The predicted molar refractivity (Wildman–Crippen MR) is 112 cm³/mol. The third kappa shape index (κ3) is 4.24. The van der Waals surface area contributed by atoms with Crippen LogP contribution in [0.3, 0.4) is 0 Å². The van der Waals surface area contributed by atoms with Gasteiger partial charge in [0, 0.05) is 18.2 Å². The molecular formula is C23H21N3O5. The Morgan fingerprint density at radius 3 is 2.19 bits per heavy atom. The first kappa shape index (κ1) is 20.5. The zero-order valence-electron chi connectivity index (χ0n) is 17.0. The molecule has 0 unspecified atom stereocenters. The maximum absolute atomic E-state index is 12.4. The number of benzene rings is 2. The lowest BCUT2D eigenvalue weighted by atomic mass is 10.1. The van der Waals surface area contributed by atoms with E-state index in [1.54, 1.807) is 30.5 Å². The van der Waals surface area contributed by atoms with Gasteiger partial charge in [0.25, 0.3) is 11.8 Å². The van der Waals surface area contributed by atoms with Gasteiger partial charge in [-0.1, -0.05) is 42.5 Å². The van der Waals surface area contributed by atoms with Crippen LogP contribution in [-0.4, -0.2) is 46.5 Å². The summed E-state index contributed by atoms with van der Waals surface area (Å²) in [7, 11) is 1.47. The van der Waals surface area contributed by atoms with Gasteiger partial charge in [-0.15, -0.1) is 0 Å². The third-order valence-corrected chi connectivity index (χ3v) is 5.03. The van der Waals surface area contributed by atoms with Crippen LogP contribution in [0.2, 0.25) is 0 Å². The number of imide groups is 1. The SMILES string of the molecule is COc1nc(=O)n(COCCN2C(=O)c3ccccc3C2=O)cc1Cc1ccccc1. The lowest BCUT2D eigenvalue weighted by Crippen LogP contribution is -2.33. The minimum atomic E-state index is -0.505. The molecule has 8 heteroatoms. The Bertz CT molecular complexity index is 1140. The van der Waals surface area contributed by atoms with Crippen LogP contribution in [0, 0.1) is 0 Å². The van der Waals surface area contributed by atoms with Gasteiger partial charge in [-0.2, -0.15) is 4.98 Å². The quantitative estimate of drug-likeness (QED) is 0.410. The molecule has 0 saturated carbocycles. The van der Waals surface area contributed by atoms with Gasteiger partial charge in [0.1, 0.15) is 6.73 Å². The van der Waals surface area contributed by atoms with Crippen molar-refractivity contribution in [1.29, 1.82) is 0 Å². The molecule has 0 spiro atoms. The molecule has 4 rings (SSSR count). The van der Waals surface area contributed by atoms with Crippen molar-refractivity contribution < 1.29 is 19.1 Å². The Labute approximate surface area is 178 Å². The van der Waals surface area contributed by atoms with E-state index in [1.165, 1.54) is 11.7 Å². The molecule has 2 heterocycles. The van der Waals surface area contributed by atoms with E-state index in [4.69, 9.17) is 9.47 Å². The number of carbonyl (C=O) groups is 2. The molecule has 0 fully saturated rings. The maximum atomic E-state index is 12.4. The number of amides is 2. The molecule has 0 radical (unpaired) electrons. The smallest absolute Gasteiger partial charge is 0.352 e. The molecule has 3 aromatic rings. The number of rotatable bonds is 8. The topological polar surface area (TPSA) is 90.7 Å². The summed E-state index contributed by atoms with van der Waals surface area (Å²) in [6, 6.07) is 16.5. The van der Waals surface area contributed by atoms with Crippen LogP contribution in [0.5, 0.6) is 5.88 Å². The molecule has 0 bridgehead atoms. The summed E-state index contributed by atoms with van der Waals surface area (Å²) < 4.78 is 12.2. The van der Waals surface area contributed by atoms with Gasteiger partial charge in [0.15, 0.2) is 0 Å². The first-order valence-electron chi connectivity index (χ1n) is 9.79. The Kier molecular flexibility index (Phi) is 5.90.